The van der Waals surface area contributed by atoms with Gasteiger partial charge in [0.2, 0.25) is 10.0 Å². The van der Waals surface area contributed by atoms with Gasteiger partial charge in [0.15, 0.2) is 0 Å². The van der Waals surface area contributed by atoms with Crippen molar-refractivity contribution in [2.75, 3.05) is 13.1 Å². The van der Waals surface area contributed by atoms with Crippen LogP contribution in [0.15, 0.2) is 24.3 Å². The number of hydrogen-bond donors (Lipinski definition) is 0. The second-order valence-electron chi connectivity index (χ2n) is 4.60. The molecule has 0 radical (unpaired) electrons. The lowest BCUT2D eigenvalue weighted by molar-refractivity contribution is -0.385. The Labute approximate surface area is 112 Å². The van der Waals surface area contributed by atoms with Crippen LogP contribution in [0.5, 0.6) is 0 Å². The molecule has 1 aliphatic rings. The van der Waals surface area contributed by atoms with Crippen molar-refractivity contribution in [3.8, 4) is 0 Å². The Bertz CT molecular complexity index is 565. The number of hydrogen-bond acceptors (Lipinski definition) is 4. The zero-order valence-corrected chi connectivity index (χ0v) is 11.3. The van der Waals surface area contributed by atoms with Crippen molar-refractivity contribution in [2.24, 2.45) is 0 Å². The first-order valence-corrected chi connectivity index (χ1v) is 7.82. The van der Waals surface area contributed by atoms with E-state index in [2.05, 4.69) is 0 Å². The van der Waals surface area contributed by atoms with Gasteiger partial charge < -0.3 is 0 Å². The van der Waals surface area contributed by atoms with Crippen molar-refractivity contribution in [3.63, 3.8) is 0 Å². The van der Waals surface area contributed by atoms with Crippen molar-refractivity contribution in [1.82, 2.24) is 4.31 Å². The molecule has 0 aromatic heterocycles. The Morgan fingerprint density at radius 3 is 2.42 bits per heavy atom. The number of sulfonamides is 1. The minimum Gasteiger partial charge on any atom is -0.258 e. The Morgan fingerprint density at radius 1 is 1.16 bits per heavy atom. The highest BCUT2D eigenvalue weighted by Crippen LogP contribution is 2.23. The summed E-state index contributed by atoms with van der Waals surface area (Å²) in [5.41, 5.74) is 0.112. The van der Waals surface area contributed by atoms with E-state index in [9.17, 15) is 18.5 Å². The van der Waals surface area contributed by atoms with Crippen LogP contribution in [0, 0.1) is 10.1 Å². The van der Waals surface area contributed by atoms with Gasteiger partial charge in [-0.25, -0.2) is 12.7 Å². The highest BCUT2D eigenvalue weighted by Gasteiger charge is 2.27. The average Bonchev–Trinajstić information content (AvgIpc) is 2.39. The molecule has 2 rings (SSSR count). The van der Waals surface area contributed by atoms with Crippen molar-refractivity contribution in [2.45, 2.75) is 25.0 Å². The van der Waals surface area contributed by atoms with Gasteiger partial charge in [-0.15, -0.1) is 0 Å². The number of nitrogens with zero attached hydrogens (tertiary/aromatic N) is 2. The number of nitro benzene ring substituents is 1. The van der Waals surface area contributed by atoms with Crippen molar-refractivity contribution in [1.29, 1.82) is 0 Å². The summed E-state index contributed by atoms with van der Waals surface area (Å²) >= 11 is 0. The van der Waals surface area contributed by atoms with E-state index in [-0.39, 0.29) is 17.0 Å². The molecule has 1 aromatic rings. The minimum absolute atomic E-state index is 0.136. The Hall–Kier alpha value is -1.47. The third kappa shape index (κ3) is 3.30. The molecule has 1 heterocycles. The summed E-state index contributed by atoms with van der Waals surface area (Å²) in [4.78, 5) is 10.3. The SMILES string of the molecule is O=[N+]([O-])c1ccccc1CS(=O)(=O)N1CCCCC1. The van der Waals surface area contributed by atoms with Gasteiger partial charge >= 0.3 is 0 Å². The predicted octanol–water partition coefficient (Wildman–Crippen LogP) is 1.91. The van der Waals surface area contributed by atoms with Gasteiger partial charge in [-0.05, 0) is 12.8 Å². The fraction of sp³-hybridized carbons (Fsp3) is 0.500. The van der Waals surface area contributed by atoms with Gasteiger partial charge in [-0.1, -0.05) is 24.6 Å². The fourth-order valence-corrected chi connectivity index (χ4v) is 3.88. The molecule has 0 N–H and O–H groups in total. The molecule has 0 unspecified atom stereocenters. The molecule has 19 heavy (non-hydrogen) atoms. The van der Waals surface area contributed by atoms with Gasteiger partial charge in [0.25, 0.3) is 5.69 Å². The first kappa shape index (κ1) is 14.0. The number of rotatable bonds is 4. The summed E-state index contributed by atoms with van der Waals surface area (Å²) in [7, 11) is -3.46. The zero-order valence-electron chi connectivity index (χ0n) is 10.5. The van der Waals surface area contributed by atoms with Crippen LogP contribution in [0.2, 0.25) is 0 Å². The quantitative estimate of drug-likeness (QED) is 0.624. The third-order valence-electron chi connectivity index (χ3n) is 3.23. The highest BCUT2D eigenvalue weighted by atomic mass is 32.2. The molecule has 1 aliphatic heterocycles. The number of nitro groups is 1. The maximum absolute atomic E-state index is 12.2. The fourth-order valence-electron chi connectivity index (χ4n) is 2.24. The summed E-state index contributed by atoms with van der Waals surface area (Å²) in [6.45, 7) is 1.03. The molecule has 7 heteroatoms. The molecule has 0 saturated carbocycles. The van der Waals surface area contributed by atoms with Crippen molar-refractivity contribution >= 4 is 15.7 Å². The van der Waals surface area contributed by atoms with Gasteiger partial charge in [0.05, 0.1) is 10.7 Å². The molecule has 6 nitrogen and oxygen atoms in total. The maximum Gasteiger partial charge on any atom is 0.273 e. The molecule has 1 saturated heterocycles. The largest absolute Gasteiger partial charge is 0.273 e. The minimum atomic E-state index is -3.46. The molecular formula is C12H16N2O4S. The van der Waals surface area contributed by atoms with Crippen molar-refractivity contribution in [3.05, 3.63) is 39.9 Å². The predicted molar refractivity (Wildman–Crippen MR) is 71.1 cm³/mol. The lowest BCUT2D eigenvalue weighted by Crippen LogP contribution is -2.36. The van der Waals surface area contributed by atoms with Crippen LogP contribution in [-0.4, -0.2) is 30.7 Å². The lowest BCUT2D eigenvalue weighted by Gasteiger charge is -2.25. The summed E-state index contributed by atoms with van der Waals surface area (Å²) in [6.07, 6.45) is 2.75. The lowest BCUT2D eigenvalue weighted by atomic mass is 10.2. The van der Waals surface area contributed by atoms with Gasteiger partial charge in [-0.3, -0.25) is 10.1 Å². The van der Waals surface area contributed by atoms with E-state index in [1.807, 2.05) is 0 Å². The Kier molecular flexibility index (Phi) is 4.16. The summed E-state index contributed by atoms with van der Waals surface area (Å²) < 4.78 is 25.9. The Balaban J connectivity index is 2.22. The summed E-state index contributed by atoms with van der Waals surface area (Å²) in [5, 5.41) is 10.9. The molecule has 1 aromatic carbocycles. The van der Waals surface area contributed by atoms with Crippen LogP contribution in [0.25, 0.3) is 0 Å². The molecule has 0 bridgehead atoms. The first-order chi connectivity index (χ1) is 9.00. The molecule has 0 amide bonds. The normalized spacial score (nSPS) is 17.3. The van der Waals surface area contributed by atoms with Gasteiger partial charge in [0.1, 0.15) is 0 Å². The molecule has 1 fully saturated rings. The van der Waals surface area contributed by atoms with Crippen LogP contribution < -0.4 is 0 Å². The Morgan fingerprint density at radius 2 is 1.79 bits per heavy atom. The first-order valence-electron chi connectivity index (χ1n) is 6.21. The standard InChI is InChI=1S/C12H16N2O4S/c15-14(16)12-7-3-2-6-11(12)10-19(17,18)13-8-4-1-5-9-13/h2-3,6-7H,1,4-5,8-10H2. The molecular weight excluding hydrogens is 268 g/mol. The van der Waals surface area contributed by atoms with E-state index in [0.29, 0.717) is 13.1 Å². The average molecular weight is 284 g/mol. The molecule has 0 aliphatic carbocycles. The topological polar surface area (TPSA) is 80.5 Å². The number of piperidine rings is 1. The summed E-state index contributed by atoms with van der Waals surface area (Å²) in [5.74, 6) is -0.301. The van der Waals surface area contributed by atoms with Crippen LogP contribution in [0.3, 0.4) is 0 Å². The molecule has 104 valence electrons. The maximum atomic E-state index is 12.2. The van der Waals surface area contributed by atoms with Crippen LogP contribution in [0.1, 0.15) is 24.8 Å². The second-order valence-corrected chi connectivity index (χ2v) is 6.57. The van der Waals surface area contributed by atoms with Gasteiger partial charge in [0, 0.05) is 24.7 Å². The summed E-state index contributed by atoms with van der Waals surface area (Å²) in [6, 6.07) is 5.99. The number of benzene rings is 1. The monoisotopic (exact) mass is 284 g/mol. The van der Waals surface area contributed by atoms with Gasteiger partial charge in [-0.2, -0.15) is 0 Å². The second kappa shape index (κ2) is 5.66. The zero-order chi connectivity index (χ0) is 13.9. The van der Waals surface area contributed by atoms with E-state index in [1.54, 1.807) is 6.07 Å². The van der Waals surface area contributed by atoms with E-state index in [4.69, 9.17) is 0 Å². The molecule has 0 spiro atoms. The third-order valence-corrected chi connectivity index (χ3v) is 5.06. The van der Waals surface area contributed by atoms with Crippen LogP contribution in [-0.2, 0) is 15.8 Å². The van der Waals surface area contributed by atoms with E-state index in [0.717, 1.165) is 19.3 Å². The van der Waals surface area contributed by atoms with Crippen LogP contribution >= 0.6 is 0 Å². The van der Waals surface area contributed by atoms with Crippen LogP contribution in [0.4, 0.5) is 5.69 Å². The number of para-hydroxylation sites is 1. The van der Waals surface area contributed by atoms with Crippen molar-refractivity contribution < 1.29 is 13.3 Å². The van der Waals surface area contributed by atoms with E-state index in [1.165, 1.54) is 22.5 Å². The van der Waals surface area contributed by atoms with E-state index >= 15 is 0 Å². The van der Waals surface area contributed by atoms with E-state index < -0.39 is 14.9 Å². The molecule has 0 atom stereocenters. The highest BCUT2D eigenvalue weighted by molar-refractivity contribution is 7.88. The smallest absolute Gasteiger partial charge is 0.258 e.